The van der Waals surface area contributed by atoms with E-state index in [0.717, 1.165) is 6.42 Å². The molecule has 13 nitrogen and oxygen atoms in total. The molecule has 0 radical (unpaired) electrons. The van der Waals surface area contributed by atoms with Crippen LogP contribution in [0.25, 0.3) is 0 Å². The van der Waals surface area contributed by atoms with Crippen LogP contribution in [0, 0.1) is 23.7 Å². The molecular formula is C28H36N4O9. The number of amides is 2. The average Bonchev–Trinajstić information content (AvgIpc) is 2.87. The number of phenols is 1. The standard InChI is InChI=1S/C28H36N4O9/c1-6-7-8-41-27(39)30-15-11-16(31(2)3)13-9-12-10-14-20(32(4)5)23(35)19(26(29)38)25(37)28(14,40)24(36)17(12)22(34)18(13)21(15)33/h11-12,14,17,19-20,33,40H,6-10H2,1-5H3,(H2,29,38)(H,30,39)/t12-,14-,17?,19?,20-,28-/m0/s1. The number of nitrogens with zero attached hydrogens (tertiary/aromatic N) is 2. The number of aliphatic hydroxyl groups is 1. The van der Waals surface area contributed by atoms with Crippen molar-refractivity contribution >= 4 is 46.5 Å². The summed E-state index contributed by atoms with van der Waals surface area (Å²) in [5.41, 5.74) is 3.13. The van der Waals surface area contributed by atoms with Crippen molar-refractivity contribution in [1.82, 2.24) is 4.90 Å². The summed E-state index contributed by atoms with van der Waals surface area (Å²) in [7, 11) is 6.47. The monoisotopic (exact) mass is 572 g/mol. The summed E-state index contributed by atoms with van der Waals surface area (Å²) in [5.74, 6) is -11.5. The van der Waals surface area contributed by atoms with Gasteiger partial charge in [-0.15, -0.1) is 0 Å². The van der Waals surface area contributed by atoms with Crippen LogP contribution in [0.2, 0.25) is 0 Å². The predicted molar refractivity (Wildman–Crippen MR) is 146 cm³/mol. The molecule has 2 unspecified atom stereocenters. The second-order valence-electron chi connectivity index (χ2n) is 11.4. The number of nitrogens with two attached hydrogens (primary N) is 1. The Bertz CT molecular complexity index is 1340. The Morgan fingerprint density at radius 3 is 2.37 bits per heavy atom. The molecule has 2 amide bonds. The first-order valence-electron chi connectivity index (χ1n) is 13.5. The lowest BCUT2D eigenvalue weighted by Gasteiger charge is -2.52. The van der Waals surface area contributed by atoms with E-state index < -0.39 is 76.2 Å². The number of hydrogen-bond acceptors (Lipinski definition) is 11. The van der Waals surface area contributed by atoms with Crippen LogP contribution < -0.4 is 16.0 Å². The highest BCUT2D eigenvalue weighted by atomic mass is 16.5. The Labute approximate surface area is 237 Å². The van der Waals surface area contributed by atoms with E-state index in [1.165, 1.54) is 25.1 Å². The summed E-state index contributed by atoms with van der Waals surface area (Å²) in [6.45, 7) is 2.08. The van der Waals surface area contributed by atoms with Crippen LogP contribution >= 0.6 is 0 Å². The normalized spacial score (nSPS) is 29.0. The molecule has 0 aliphatic heterocycles. The number of unbranched alkanes of at least 4 members (excludes halogenated alkanes) is 1. The van der Waals surface area contributed by atoms with Crippen molar-refractivity contribution in [1.29, 1.82) is 0 Å². The molecule has 0 bridgehead atoms. The zero-order valence-corrected chi connectivity index (χ0v) is 23.7. The first kappa shape index (κ1) is 30.1. The van der Waals surface area contributed by atoms with Crippen LogP contribution in [0.4, 0.5) is 16.2 Å². The maximum absolute atomic E-state index is 14.0. The fraction of sp³-hybridized carbons (Fsp3) is 0.571. The molecule has 2 fully saturated rings. The van der Waals surface area contributed by atoms with Gasteiger partial charge in [-0.3, -0.25) is 34.2 Å². The van der Waals surface area contributed by atoms with Gasteiger partial charge in [0.1, 0.15) is 5.75 Å². The second-order valence-corrected chi connectivity index (χ2v) is 11.4. The molecule has 0 aromatic heterocycles. The van der Waals surface area contributed by atoms with Crippen LogP contribution in [0.3, 0.4) is 0 Å². The molecule has 6 atom stereocenters. The number of fused-ring (bicyclic) bond motifs is 3. The molecule has 13 heteroatoms. The van der Waals surface area contributed by atoms with Crippen LogP contribution in [-0.2, 0) is 30.3 Å². The first-order valence-corrected chi connectivity index (χ1v) is 13.5. The van der Waals surface area contributed by atoms with Gasteiger partial charge in [-0.2, -0.15) is 0 Å². The number of carbonyl (C=O) groups excluding carboxylic acids is 6. The van der Waals surface area contributed by atoms with E-state index in [4.69, 9.17) is 10.5 Å². The molecule has 3 aliphatic carbocycles. The molecule has 1 aromatic rings. The molecule has 0 heterocycles. The Morgan fingerprint density at radius 2 is 1.80 bits per heavy atom. The summed E-state index contributed by atoms with van der Waals surface area (Å²) >= 11 is 0. The Balaban J connectivity index is 1.81. The highest BCUT2D eigenvalue weighted by molar-refractivity contribution is 6.32. The molecule has 2 saturated carbocycles. The first-order chi connectivity index (χ1) is 19.2. The number of primary amides is 1. The molecule has 5 N–H and O–H groups in total. The summed E-state index contributed by atoms with van der Waals surface area (Å²) < 4.78 is 5.11. The Hall–Kier alpha value is -3.84. The second kappa shape index (κ2) is 10.9. The topological polar surface area (TPSA) is 197 Å². The lowest BCUT2D eigenvalue weighted by Crippen LogP contribution is -2.74. The zero-order valence-electron chi connectivity index (χ0n) is 23.7. The van der Waals surface area contributed by atoms with Crippen molar-refractivity contribution in [2.45, 2.75) is 44.2 Å². The number of anilines is 2. The Kier molecular flexibility index (Phi) is 7.98. The van der Waals surface area contributed by atoms with Crippen LogP contribution in [0.15, 0.2) is 6.07 Å². The summed E-state index contributed by atoms with van der Waals surface area (Å²) in [6, 6.07) is 0.320. The number of Topliss-reactive ketones (excluding diaryl/α,β-unsaturated/α-hetero) is 4. The number of ketones is 4. The van der Waals surface area contributed by atoms with Gasteiger partial charge in [0.2, 0.25) is 5.91 Å². The van der Waals surface area contributed by atoms with Gasteiger partial charge in [0.15, 0.2) is 34.7 Å². The summed E-state index contributed by atoms with van der Waals surface area (Å²) in [5, 5.41) is 25.3. The molecule has 41 heavy (non-hydrogen) atoms. The van der Waals surface area contributed by atoms with Gasteiger partial charge in [-0.25, -0.2) is 4.79 Å². The van der Waals surface area contributed by atoms with Crippen LogP contribution in [-0.4, -0.2) is 96.7 Å². The molecular weight excluding hydrogens is 536 g/mol. The Morgan fingerprint density at radius 1 is 1.15 bits per heavy atom. The van der Waals surface area contributed by atoms with Gasteiger partial charge in [-0.1, -0.05) is 13.3 Å². The van der Waals surface area contributed by atoms with E-state index in [9.17, 15) is 39.0 Å². The number of hydrogen-bond donors (Lipinski definition) is 4. The van der Waals surface area contributed by atoms with E-state index in [-0.39, 0.29) is 30.7 Å². The van der Waals surface area contributed by atoms with Crippen molar-refractivity contribution < 1.29 is 43.7 Å². The minimum atomic E-state index is -2.81. The van der Waals surface area contributed by atoms with Crippen molar-refractivity contribution in [3.8, 4) is 5.75 Å². The van der Waals surface area contributed by atoms with E-state index in [1.54, 1.807) is 19.0 Å². The third-order valence-electron chi connectivity index (χ3n) is 8.49. The van der Waals surface area contributed by atoms with Crippen molar-refractivity contribution in [2.75, 3.05) is 45.0 Å². The third kappa shape index (κ3) is 4.66. The smallest absolute Gasteiger partial charge is 0.411 e. The SMILES string of the molecule is CCCCOC(=O)Nc1cc(N(C)C)c2c(c1O)C(=O)C1C(=O)[C@]3(O)C(=O)C(C(N)=O)C(=O)[C@@H](N(C)C)[C@@H]3C[C@@H]1C2. The maximum Gasteiger partial charge on any atom is 0.411 e. The number of benzene rings is 1. The molecule has 1 aromatic carbocycles. The molecule has 222 valence electrons. The average molecular weight is 573 g/mol. The lowest BCUT2D eigenvalue weighted by molar-refractivity contribution is -0.181. The highest BCUT2D eigenvalue weighted by Gasteiger charge is 2.69. The van der Waals surface area contributed by atoms with Crippen LogP contribution in [0.1, 0.15) is 42.1 Å². The zero-order chi connectivity index (χ0) is 30.5. The van der Waals surface area contributed by atoms with E-state index >= 15 is 0 Å². The van der Waals surface area contributed by atoms with Crippen molar-refractivity contribution in [2.24, 2.45) is 29.4 Å². The van der Waals surface area contributed by atoms with Gasteiger partial charge < -0.3 is 25.6 Å². The van der Waals surface area contributed by atoms with E-state index in [1.807, 2.05) is 6.92 Å². The van der Waals surface area contributed by atoms with Gasteiger partial charge in [0, 0.05) is 25.7 Å². The van der Waals surface area contributed by atoms with Gasteiger partial charge >= 0.3 is 6.09 Å². The number of rotatable bonds is 7. The minimum absolute atomic E-state index is 0.0543. The number of likely N-dealkylation sites (N-methyl/N-ethyl adjacent to an activating group) is 1. The highest BCUT2D eigenvalue weighted by Crippen LogP contribution is 2.52. The van der Waals surface area contributed by atoms with Crippen molar-refractivity contribution in [3.63, 3.8) is 0 Å². The van der Waals surface area contributed by atoms with Gasteiger partial charge in [0.25, 0.3) is 0 Å². The number of nitrogens with one attached hydrogen (secondary N) is 1. The van der Waals surface area contributed by atoms with Gasteiger partial charge in [0.05, 0.1) is 29.8 Å². The number of phenolic OH excluding ortho intramolecular Hbond substituents is 1. The quantitative estimate of drug-likeness (QED) is 0.199. The van der Waals surface area contributed by atoms with Crippen molar-refractivity contribution in [3.05, 3.63) is 17.2 Å². The minimum Gasteiger partial charge on any atom is -0.505 e. The third-order valence-corrected chi connectivity index (χ3v) is 8.49. The maximum atomic E-state index is 14.0. The fourth-order valence-electron chi connectivity index (χ4n) is 6.60. The molecule has 4 rings (SSSR count). The van der Waals surface area contributed by atoms with E-state index in [0.29, 0.717) is 17.7 Å². The molecule has 3 aliphatic rings. The summed E-state index contributed by atoms with van der Waals surface area (Å²) in [4.78, 5) is 82.2. The summed E-state index contributed by atoms with van der Waals surface area (Å²) in [6.07, 6.45) is 0.646. The van der Waals surface area contributed by atoms with Crippen LogP contribution in [0.5, 0.6) is 5.75 Å². The fourth-order valence-corrected chi connectivity index (χ4v) is 6.60. The largest absolute Gasteiger partial charge is 0.505 e. The molecule has 0 spiro atoms. The number of aromatic hydroxyl groups is 1. The molecule has 0 saturated heterocycles. The number of carbonyl (C=O) groups is 6. The lowest BCUT2D eigenvalue weighted by atomic mass is 9.52. The predicted octanol–water partition coefficient (Wildman–Crippen LogP) is 0.282. The van der Waals surface area contributed by atoms with Gasteiger partial charge in [-0.05, 0) is 50.9 Å². The van der Waals surface area contributed by atoms with E-state index in [2.05, 4.69) is 5.32 Å². The number of ether oxygens (including phenoxy) is 1.